The number of rotatable bonds is 9. The molecule has 0 spiro atoms. The first kappa shape index (κ1) is 22.1. The lowest BCUT2D eigenvalue weighted by Gasteiger charge is -2.20. The summed E-state index contributed by atoms with van der Waals surface area (Å²) in [6.45, 7) is 4.44. The number of likely N-dealkylation sites (N-methyl/N-ethyl adjacent to an activating group) is 2. The van der Waals surface area contributed by atoms with Gasteiger partial charge in [0.15, 0.2) is 0 Å². The van der Waals surface area contributed by atoms with E-state index in [1.807, 2.05) is 0 Å². The minimum Gasteiger partial charge on any atom is -0.348 e. The molecule has 0 aliphatic rings. The lowest BCUT2D eigenvalue weighted by atomic mass is 10.3. The summed E-state index contributed by atoms with van der Waals surface area (Å²) in [6.07, 6.45) is 0. The van der Waals surface area contributed by atoms with Gasteiger partial charge in [0.2, 0.25) is 21.8 Å². The maximum Gasteiger partial charge on any atom is 0.243 e. The van der Waals surface area contributed by atoms with Crippen molar-refractivity contribution < 1.29 is 18.0 Å². The fourth-order valence-electron chi connectivity index (χ4n) is 2.32. The van der Waals surface area contributed by atoms with Crippen LogP contribution in [0.2, 0.25) is 0 Å². The second-order valence-electron chi connectivity index (χ2n) is 6.13. The first-order chi connectivity index (χ1) is 12.1. The summed E-state index contributed by atoms with van der Waals surface area (Å²) < 4.78 is 26.5. The second-order valence-corrected chi connectivity index (χ2v) is 8.06. The first-order valence-electron chi connectivity index (χ1n) is 8.40. The van der Waals surface area contributed by atoms with E-state index >= 15 is 0 Å². The first-order valence-corrected chi connectivity index (χ1v) is 9.84. The Bertz CT molecular complexity index is 730. The van der Waals surface area contributed by atoms with Crippen LogP contribution in [0.5, 0.6) is 0 Å². The molecule has 1 aromatic rings. The molecule has 0 saturated carbocycles. The van der Waals surface area contributed by atoms with Gasteiger partial charge in [-0.15, -0.1) is 0 Å². The molecule has 0 aliphatic heterocycles. The number of hydrogen-bond donors (Lipinski definition) is 1. The van der Waals surface area contributed by atoms with E-state index in [1.165, 1.54) is 21.3 Å². The van der Waals surface area contributed by atoms with Crippen LogP contribution in [0.25, 0.3) is 0 Å². The average molecular weight is 385 g/mol. The van der Waals surface area contributed by atoms with Gasteiger partial charge in [0.25, 0.3) is 0 Å². The Labute approximate surface area is 155 Å². The van der Waals surface area contributed by atoms with E-state index in [0.29, 0.717) is 18.8 Å². The molecule has 0 aliphatic carbocycles. The molecule has 2 amide bonds. The van der Waals surface area contributed by atoms with Crippen LogP contribution in [0.1, 0.15) is 13.8 Å². The highest BCUT2D eigenvalue weighted by Crippen LogP contribution is 2.19. The van der Waals surface area contributed by atoms with Gasteiger partial charge >= 0.3 is 0 Å². The summed E-state index contributed by atoms with van der Waals surface area (Å²) in [4.78, 5) is 27.0. The summed E-state index contributed by atoms with van der Waals surface area (Å²) >= 11 is 0. The number of nitrogens with one attached hydrogen (secondary N) is 1. The molecule has 0 saturated heterocycles. The third kappa shape index (κ3) is 6.08. The third-order valence-corrected chi connectivity index (χ3v) is 5.82. The molecule has 26 heavy (non-hydrogen) atoms. The van der Waals surface area contributed by atoms with Gasteiger partial charge < -0.3 is 10.2 Å². The Balaban J connectivity index is 2.80. The molecule has 0 fully saturated rings. The highest BCUT2D eigenvalue weighted by atomic mass is 32.2. The Morgan fingerprint density at radius 1 is 1.04 bits per heavy atom. The average Bonchev–Trinajstić information content (AvgIpc) is 2.55. The molecule has 0 unspecified atom stereocenters. The zero-order valence-electron chi connectivity index (χ0n) is 16.0. The van der Waals surface area contributed by atoms with Crippen LogP contribution in [0.15, 0.2) is 29.2 Å². The van der Waals surface area contributed by atoms with Crippen molar-refractivity contribution in [1.82, 2.24) is 14.1 Å². The number of carbonyl (C=O) groups is 2. The van der Waals surface area contributed by atoms with E-state index in [2.05, 4.69) is 5.32 Å². The van der Waals surface area contributed by atoms with E-state index in [4.69, 9.17) is 0 Å². The second kappa shape index (κ2) is 9.65. The van der Waals surface area contributed by atoms with Gasteiger partial charge in [-0.05, 0) is 25.2 Å². The molecule has 0 heterocycles. The number of anilines is 1. The predicted molar refractivity (Wildman–Crippen MR) is 101 cm³/mol. The van der Waals surface area contributed by atoms with Crippen LogP contribution in [0.4, 0.5) is 5.69 Å². The largest absolute Gasteiger partial charge is 0.348 e. The van der Waals surface area contributed by atoms with Crippen molar-refractivity contribution in [3.05, 3.63) is 24.3 Å². The van der Waals surface area contributed by atoms with E-state index < -0.39 is 10.0 Å². The molecule has 1 aromatic carbocycles. The predicted octanol–water partition coefficient (Wildman–Crippen LogP) is 0.676. The molecule has 1 rings (SSSR count). The lowest BCUT2D eigenvalue weighted by Crippen LogP contribution is -2.38. The van der Waals surface area contributed by atoms with Crippen molar-refractivity contribution in [2.24, 2.45) is 0 Å². The maximum absolute atomic E-state index is 12.6. The van der Waals surface area contributed by atoms with Crippen LogP contribution in [0.3, 0.4) is 0 Å². The van der Waals surface area contributed by atoms with Crippen molar-refractivity contribution in [2.45, 2.75) is 18.7 Å². The summed E-state index contributed by atoms with van der Waals surface area (Å²) in [6, 6.07) is 6.16. The van der Waals surface area contributed by atoms with Crippen LogP contribution in [0, 0.1) is 0 Å². The molecule has 1 N–H and O–H groups in total. The molecule has 0 bridgehead atoms. The molecule has 8 nitrogen and oxygen atoms in total. The maximum atomic E-state index is 12.6. The van der Waals surface area contributed by atoms with Gasteiger partial charge in [-0.1, -0.05) is 19.9 Å². The smallest absolute Gasteiger partial charge is 0.243 e. The Morgan fingerprint density at radius 3 is 2.19 bits per heavy atom. The highest BCUT2D eigenvalue weighted by Gasteiger charge is 2.22. The minimum atomic E-state index is -3.59. The number of hydrogen-bond acceptors (Lipinski definition) is 5. The van der Waals surface area contributed by atoms with Gasteiger partial charge in [0.05, 0.1) is 18.0 Å². The Kier molecular flexibility index (Phi) is 8.19. The van der Waals surface area contributed by atoms with Crippen molar-refractivity contribution in [2.75, 3.05) is 52.6 Å². The Morgan fingerprint density at radius 2 is 1.65 bits per heavy atom. The van der Waals surface area contributed by atoms with E-state index in [-0.39, 0.29) is 29.8 Å². The van der Waals surface area contributed by atoms with Gasteiger partial charge in [0, 0.05) is 32.9 Å². The van der Waals surface area contributed by atoms with Gasteiger partial charge in [-0.2, -0.15) is 4.31 Å². The van der Waals surface area contributed by atoms with Crippen LogP contribution < -0.4 is 5.32 Å². The topological polar surface area (TPSA) is 90.0 Å². The number of benzene rings is 1. The number of carbonyl (C=O) groups excluding carboxylic acids is 2. The summed E-state index contributed by atoms with van der Waals surface area (Å²) in [7, 11) is 1.38. The molecular formula is C17H28N4O4S. The minimum absolute atomic E-state index is 0.0204. The molecule has 0 radical (unpaired) electrons. The number of amides is 2. The van der Waals surface area contributed by atoms with Crippen LogP contribution in [-0.2, 0) is 19.6 Å². The van der Waals surface area contributed by atoms with Gasteiger partial charge in [-0.25, -0.2) is 8.42 Å². The normalized spacial score (nSPS) is 11.7. The van der Waals surface area contributed by atoms with E-state index in [1.54, 1.807) is 52.0 Å². The van der Waals surface area contributed by atoms with E-state index in [0.717, 1.165) is 0 Å². The van der Waals surface area contributed by atoms with Crippen LogP contribution in [-0.4, -0.2) is 81.7 Å². The third-order valence-electron chi connectivity index (χ3n) is 3.78. The molecule has 0 atom stereocenters. The van der Waals surface area contributed by atoms with Crippen molar-refractivity contribution in [3.63, 3.8) is 0 Å². The quantitative estimate of drug-likeness (QED) is 0.676. The summed E-state index contributed by atoms with van der Waals surface area (Å²) in [5.41, 5.74) is 0.399. The standard InChI is InChI=1S/C17H28N4O4S/c1-6-21(7-2)26(24,25)15-10-8-9-14(11-15)18-16(22)12-20(5)13-17(23)19(3)4/h8-11H,6-7,12-13H2,1-5H3,(H,18,22). The summed E-state index contributed by atoms with van der Waals surface area (Å²) in [5.74, 6) is -0.427. The number of sulfonamides is 1. The monoisotopic (exact) mass is 384 g/mol. The fourth-order valence-corrected chi connectivity index (χ4v) is 3.83. The van der Waals surface area contributed by atoms with Gasteiger partial charge in [-0.3, -0.25) is 14.5 Å². The fraction of sp³-hybridized carbons (Fsp3) is 0.529. The lowest BCUT2D eigenvalue weighted by molar-refractivity contribution is -0.130. The SMILES string of the molecule is CCN(CC)S(=O)(=O)c1cccc(NC(=O)CN(C)CC(=O)N(C)C)c1. The highest BCUT2D eigenvalue weighted by molar-refractivity contribution is 7.89. The molecule has 9 heteroatoms. The van der Waals surface area contributed by atoms with Crippen molar-refractivity contribution in [1.29, 1.82) is 0 Å². The number of nitrogens with zero attached hydrogens (tertiary/aromatic N) is 3. The summed E-state index contributed by atoms with van der Waals surface area (Å²) in [5, 5.41) is 2.67. The molecule has 146 valence electrons. The van der Waals surface area contributed by atoms with E-state index in [9.17, 15) is 18.0 Å². The van der Waals surface area contributed by atoms with Crippen molar-refractivity contribution in [3.8, 4) is 0 Å². The van der Waals surface area contributed by atoms with Crippen LogP contribution >= 0.6 is 0 Å². The Hall–Kier alpha value is -1.97. The zero-order chi connectivity index (χ0) is 19.9. The van der Waals surface area contributed by atoms with Crippen molar-refractivity contribution >= 4 is 27.5 Å². The van der Waals surface area contributed by atoms with Gasteiger partial charge in [0.1, 0.15) is 0 Å². The zero-order valence-corrected chi connectivity index (χ0v) is 16.8. The molecule has 0 aromatic heterocycles. The molecular weight excluding hydrogens is 356 g/mol.